The Balaban J connectivity index is 3.73. The second kappa shape index (κ2) is 9.46. The van der Waals surface area contributed by atoms with Crippen LogP contribution in [0.25, 0.3) is 0 Å². The Morgan fingerprint density at radius 2 is 2.00 bits per heavy atom. The number of aliphatic hydroxyl groups excluding tert-OH is 2. The number of nitrogens with one attached hydrogen (secondary N) is 1. The van der Waals surface area contributed by atoms with Crippen molar-refractivity contribution in [2.45, 2.75) is 51.0 Å². The van der Waals surface area contributed by atoms with E-state index in [-0.39, 0.29) is 18.0 Å². The van der Waals surface area contributed by atoms with Crippen LogP contribution in [-0.4, -0.2) is 46.5 Å². The molecule has 0 aliphatic carbocycles. The van der Waals surface area contributed by atoms with Gasteiger partial charge in [0.2, 0.25) is 0 Å². The van der Waals surface area contributed by atoms with Crippen molar-refractivity contribution in [1.29, 1.82) is 0 Å². The van der Waals surface area contributed by atoms with Crippen molar-refractivity contribution in [2.75, 3.05) is 18.9 Å². The first-order valence-corrected chi connectivity index (χ1v) is 6.80. The van der Waals surface area contributed by atoms with Crippen molar-refractivity contribution in [1.82, 2.24) is 5.32 Å². The third kappa shape index (κ3) is 8.08. The molecular weight excluding hydrogens is 210 g/mol. The number of rotatable bonds is 9. The molecule has 0 bridgehead atoms. The maximum Gasteiger partial charge on any atom is 0.0628 e. The maximum atomic E-state index is 9.35. The number of hydrogen-bond donors (Lipinski definition) is 3. The SMILES string of the molecule is CCCNC(CCO)CSC(C)C(C)O. The van der Waals surface area contributed by atoms with Gasteiger partial charge in [0.15, 0.2) is 0 Å². The number of thioether (sulfide) groups is 1. The van der Waals surface area contributed by atoms with E-state index in [0.717, 1.165) is 25.1 Å². The summed E-state index contributed by atoms with van der Waals surface area (Å²) in [7, 11) is 0. The Hall–Kier alpha value is 0.230. The molecule has 0 aromatic rings. The average Bonchev–Trinajstić information content (AvgIpc) is 2.21. The predicted octanol–water partition coefficient (Wildman–Crippen LogP) is 1.24. The summed E-state index contributed by atoms with van der Waals surface area (Å²) < 4.78 is 0. The van der Waals surface area contributed by atoms with E-state index >= 15 is 0 Å². The molecule has 0 amide bonds. The molecule has 0 rings (SSSR count). The normalized spacial score (nSPS) is 17.4. The molecule has 0 aliphatic heterocycles. The van der Waals surface area contributed by atoms with Gasteiger partial charge in [0.25, 0.3) is 0 Å². The van der Waals surface area contributed by atoms with Gasteiger partial charge in [-0.25, -0.2) is 0 Å². The molecular formula is C11H25NO2S. The quantitative estimate of drug-likeness (QED) is 0.563. The van der Waals surface area contributed by atoms with Gasteiger partial charge in [0, 0.05) is 23.7 Å². The average molecular weight is 235 g/mol. The van der Waals surface area contributed by atoms with Gasteiger partial charge < -0.3 is 15.5 Å². The largest absolute Gasteiger partial charge is 0.396 e. The van der Waals surface area contributed by atoms with Gasteiger partial charge in [0.05, 0.1) is 6.10 Å². The minimum absolute atomic E-state index is 0.227. The van der Waals surface area contributed by atoms with Crippen molar-refractivity contribution >= 4 is 11.8 Å². The second-order valence-electron chi connectivity index (χ2n) is 3.94. The van der Waals surface area contributed by atoms with Crippen molar-refractivity contribution in [3.63, 3.8) is 0 Å². The molecule has 0 aromatic heterocycles. The van der Waals surface area contributed by atoms with Gasteiger partial charge in [-0.15, -0.1) is 0 Å². The highest BCUT2D eigenvalue weighted by Gasteiger charge is 2.13. The van der Waals surface area contributed by atoms with Gasteiger partial charge in [-0.3, -0.25) is 0 Å². The fourth-order valence-electron chi connectivity index (χ4n) is 1.16. The summed E-state index contributed by atoms with van der Waals surface area (Å²) in [4.78, 5) is 0. The molecule has 0 heterocycles. The molecule has 0 spiro atoms. The third-order valence-electron chi connectivity index (χ3n) is 2.40. The Bertz CT molecular complexity index is 145. The minimum atomic E-state index is -0.268. The van der Waals surface area contributed by atoms with Crippen LogP contribution < -0.4 is 5.32 Å². The van der Waals surface area contributed by atoms with E-state index in [4.69, 9.17) is 5.11 Å². The van der Waals surface area contributed by atoms with Gasteiger partial charge in [-0.2, -0.15) is 11.8 Å². The van der Waals surface area contributed by atoms with E-state index in [0.29, 0.717) is 6.04 Å². The summed E-state index contributed by atoms with van der Waals surface area (Å²) >= 11 is 1.76. The molecule has 0 fully saturated rings. The first-order valence-electron chi connectivity index (χ1n) is 5.75. The summed E-state index contributed by atoms with van der Waals surface area (Å²) in [5.74, 6) is 0.951. The molecule has 4 heteroatoms. The van der Waals surface area contributed by atoms with Crippen LogP contribution in [0.5, 0.6) is 0 Å². The molecule has 0 aromatic carbocycles. The second-order valence-corrected chi connectivity index (χ2v) is 5.35. The first kappa shape index (κ1) is 15.2. The van der Waals surface area contributed by atoms with Crippen LogP contribution in [-0.2, 0) is 0 Å². The van der Waals surface area contributed by atoms with Crippen LogP contribution in [0.2, 0.25) is 0 Å². The molecule has 3 N–H and O–H groups in total. The van der Waals surface area contributed by atoms with Gasteiger partial charge in [-0.05, 0) is 26.3 Å². The predicted molar refractivity (Wildman–Crippen MR) is 67.4 cm³/mol. The summed E-state index contributed by atoms with van der Waals surface area (Å²) in [5, 5.41) is 21.9. The summed E-state index contributed by atoms with van der Waals surface area (Å²) in [5.41, 5.74) is 0. The zero-order valence-electron chi connectivity index (χ0n) is 10.1. The van der Waals surface area contributed by atoms with Crippen LogP contribution in [0, 0.1) is 0 Å². The van der Waals surface area contributed by atoms with Gasteiger partial charge in [-0.1, -0.05) is 13.8 Å². The van der Waals surface area contributed by atoms with E-state index < -0.39 is 0 Å². The van der Waals surface area contributed by atoms with E-state index in [1.807, 2.05) is 13.8 Å². The van der Waals surface area contributed by atoms with E-state index in [1.165, 1.54) is 0 Å². The van der Waals surface area contributed by atoms with Crippen LogP contribution >= 0.6 is 11.8 Å². The molecule has 15 heavy (non-hydrogen) atoms. The van der Waals surface area contributed by atoms with Crippen LogP contribution in [0.1, 0.15) is 33.6 Å². The summed E-state index contributed by atoms with van der Waals surface area (Å²) in [6.45, 7) is 7.21. The molecule has 92 valence electrons. The highest BCUT2D eigenvalue weighted by molar-refractivity contribution is 7.99. The Kier molecular flexibility index (Phi) is 9.60. The first-order chi connectivity index (χ1) is 7.11. The minimum Gasteiger partial charge on any atom is -0.396 e. The highest BCUT2D eigenvalue weighted by atomic mass is 32.2. The van der Waals surface area contributed by atoms with Crippen molar-refractivity contribution < 1.29 is 10.2 Å². The van der Waals surface area contributed by atoms with Gasteiger partial charge in [0.1, 0.15) is 0 Å². The highest BCUT2D eigenvalue weighted by Crippen LogP contribution is 2.16. The lowest BCUT2D eigenvalue weighted by Gasteiger charge is -2.20. The van der Waals surface area contributed by atoms with Gasteiger partial charge >= 0.3 is 0 Å². The fraction of sp³-hybridized carbons (Fsp3) is 1.00. The number of hydrogen-bond acceptors (Lipinski definition) is 4. The molecule has 3 unspecified atom stereocenters. The molecule has 0 radical (unpaired) electrons. The van der Waals surface area contributed by atoms with Crippen molar-refractivity contribution in [3.8, 4) is 0 Å². The van der Waals surface area contributed by atoms with Crippen LogP contribution in [0.3, 0.4) is 0 Å². The molecule has 0 aliphatic rings. The zero-order chi connectivity index (χ0) is 11.7. The maximum absolute atomic E-state index is 9.35. The molecule has 3 atom stereocenters. The summed E-state index contributed by atoms with van der Waals surface area (Å²) in [6.07, 6.45) is 1.63. The monoisotopic (exact) mass is 235 g/mol. The standard InChI is InChI=1S/C11H25NO2S/c1-4-6-12-11(5-7-13)8-15-10(3)9(2)14/h9-14H,4-8H2,1-3H3. The van der Waals surface area contributed by atoms with E-state index in [9.17, 15) is 5.11 Å². The molecule has 3 nitrogen and oxygen atoms in total. The van der Waals surface area contributed by atoms with Crippen LogP contribution in [0.4, 0.5) is 0 Å². The lowest BCUT2D eigenvalue weighted by molar-refractivity contribution is 0.196. The fourth-order valence-corrected chi connectivity index (χ4v) is 2.25. The topological polar surface area (TPSA) is 52.5 Å². The lowest BCUT2D eigenvalue weighted by atomic mass is 10.2. The molecule has 0 saturated carbocycles. The van der Waals surface area contributed by atoms with Crippen LogP contribution in [0.15, 0.2) is 0 Å². The summed E-state index contributed by atoms with van der Waals surface area (Å²) in [6, 6.07) is 0.362. The Morgan fingerprint density at radius 1 is 1.33 bits per heavy atom. The Morgan fingerprint density at radius 3 is 2.47 bits per heavy atom. The van der Waals surface area contributed by atoms with E-state index in [2.05, 4.69) is 12.2 Å². The zero-order valence-corrected chi connectivity index (χ0v) is 10.9. The van der Waals surface area contributed by atoms with Crippen molar-refractivity contribution in [3.05, 3.63) is 0 Å². The Labute approximate surface area is 97.7 Å². The van der Waals surface area contributed by atoms with E-state index in [1.54, 1.807) is 11.8 Å². The lowest BCUT2D eigenvalue weighted by Crippen LogP contribution is -2.34. The number of aliphatic hydroxyl groups is 2. The third-order valence-corrected chi connectivity index (χ3v) is 3.91. The smallest absolute Gasteiger partial charge is 0.0628 e. The molecule has 0 saturated heterocycles. The van der Waals surface area contributed by atoms with Crippen molar-refractivity contribution in [2.24, 2.45) is 0 Å².